The molecule has 2 nitrogen and oxygen atoms in total. The molecule has 0 saturated carbocycles. The Hall–Kier alpha value is 0.509. The average molecular weight is 155 g/mol. The molecule has 0 aromatic heterocycles. The molecule has 1 radical (unpaired) electrons. The molecule has 0 aromatic rings. The van der Waals surface area contributed by atoms with Gasteiger partial charge in [-0.05, 0) is 0 Å². The molecule has 1 N–H and O–H groups in total. The summed E-state index contributed by atoms with van der Waals surface area (Å²) in [6, 6.07) is 0. The van der Waals surface area contributed by atoms with Crippen molar-refractivity contribution < 1.29 is 43.0 Å². The van der Waals surface area contributed by atoms with E-state index in [2.05, 4.69) is 16.0 Å². The Labute approximate surface area is 48.2 Å². The first-order chi connectivity index (χ1) is 1.73. The van der Waals surface area contributed by atoms with Crippen molar-refractivity contribution in [3.63, 3.8) is 0 Å². The number of carbonyl (C=O) groups is 1. The van der Waals surface area contributed by atoms with Crippen molar-refractivity contribution in [3.05, 3.63) is 0 Å². The predicted molar refractivity (Wildman–Crippen MR) is 8.02 cm³/mol. The molecule has 31 valence electrons. The average Bonchev–Trinajstić information content (AvgIpc) is 0.811. The summed E-state index contributed by atoms with van der Waals surface area (Å²) in [5.74, 6) is 0. The van der Waals surface area contributed by atoms with Crippen LogP contribution in [-0.2, 0) is 33.1 Å². The predicted octanol–water partition coefficient (Wildman–Crippen LogP) is 0.209. The fourth-order valence-corrected chi connectivity index (χ4v) is 0. The first-order valence-corrected chi connectivity index (χ1v) is 1.21. The zero-order chi connectivity index (χ0) is 3.58. The van der Waals surface area contributed by atoms with Crippen LogP contribution in [0.2, 0.25) is 0 Å². The van der Waals surface area contributed by atoms with Crippen molar-refractivity contribution in [1.29, 1.82) is 0 Å². The zero-order valence-electron chi connectivity index (χ0n) is 2.11. The molecule has 5 heavy (non-hydrogen) atoms. The molecule has 0 aliphatic carbocycles. The minimum atomic E-state index is -1.02. The molecule has 0 saturated heterocycles. The summed E-state index contributed by atoms with van der Waals surface area (Å²) in [4.78, 5) is 7.90. The summed E-state index contributed by atoms with van der Waals surface area (Å²) in [6.07, 6.45) is 0. The molecule has 0 atom stereocenters. The van der Waals surface area contributed by atoms with Crippen LogP contribution in [0.15, 0.2) is 0 Å². The van der Waals surface area contributed by atoms with E-state index >= 15 is 0 Å². The monoisotopic (exact) mass is 155 g/mol. The van der Waals surface area contributed by atoms with Crippen molar-refractivity contribution >= 4 is 4.87 Å². The molecule has 0 aliphatic rings. The Balaban J connectivity index is 0. The van der Waals surface area contributed by atoms with E-state index in [0.29, 0.717) is 0 Å². The van der Waals surface area contributed by atoms with E-state index in [9.17, 15) is 0 Å². The van der Waals surface area contributed by atoms with Gasteiger partial charge in [0.2, 0.25) is 0 Å². The normalized spacial score (nSPS) is 5.00. The molecule has 0 rings (SSSR count). The van der Waals surface area contributed by atoms with Gasteiger partial charge in [-0.25, -0.2) is 0 Å². The summed E-state index contributed by atoms with van der Waals surface area (Å²) in [5.41, 5.74) is 0. The van der Waals surface area contributed by atoms with Gasteiger partial charge in [-0.2, -0.15) is 0 Å². The first kappa shape index (κ1) is 9.10. The molecule has 0 bridgehead atoms. The molecule has 0 amide bonds. The molecule has 0 fully saturated rings. The van der Waals surface area contributed by atoms with Gasteiger partial charge < -0.3 is 0 Å². The summed E-state index contributed by atoms with van der Waals surface area (Å²) in [5, 5.41) is 7.33. The molecule has 0 aliphatic heterocycles. The van der Waals surface area contributed by atoms with Crippen LogP contribution in [0.25, 0.3) is 0 Å². The maximum atomic E-state index is 8.92. The minimum Gasteiger partial charge on any atom is 0 e. The van der Waals surface area contributed by atoms with Crippen molar-refractivity contribution in [2.75, 3.05) is 0 Å². The van der Waals surface area contributed by atoms with E-state index in [0.717, 1.165) is 0 Å². The second-order valence-electron chi connectivity index (χ2n) is 0.253. The summed E-state index contributed by atoms with van der Waals surface area (Å²) in [7, 11) is 0. The van der Waals surface area contributed by atoms with Crippen LogP contribution in [0.5, 0.6) is 0 Å². The van der Waals surface area contributed by atoms with E-state index in [1.54, 1.807) is 0 Å². The van der Waals surface area contributed by atoms with Crippen molar-refractivity contribution in [2.45, 2.75) is 0 Å². The van der Waals surface area contributed by atoms with Gasteiger partial charge >= 0.3 is 30.8 Å². The van der Waals surface area contributed by atoms with E-state index in [1.807, 2.05) is 0 Å². The molecule has 0 heterocycles. The minimum absolute atomic E-state index is 0. The zero-order valence-corrected chi connectivity index (χ0v) is 4.47. The third kappa shape index (κ3) is 110. The Bertz CT molecular complexity index is 30.6. The van der Waals surface area contributed by atoms with Crippen LogP contribution >= 0.6 is 0 Å². The van der Waals surface area contributed by atoms with E-state index in [-0.39, 0.29) is 17.1 Å². The largest absolute Gasteiger partial charge is 0 e. The summed E-state index contributed by atoms with van der Waals surface area (Å²) in [6.45, 7) is 0. The van der Waals surface area contributed by atoms with Crippen LogP contribution in [0.4, 0.5) is 4.79 Å². The van der Waals surface area contributed by atoms with Gasteiger partial charge in [-0.15, -0.1) is 0 Å². The quantitative estimate of drug-likeness (QED) is 0.507. The van der Waals surface area contributed by atoms with Gasteiger partial charge in [-0.1, -0.05) is 0 Å². The number of hydrogen-bond acceptors (Lipinski definition) is 1. The number of hydrogen-bond donors (Lipinski definition) is 1. The van der Waals surface area contributed by atoms with Crippen LogP contribution < -0.4 is 0 Å². The summed E-state index contributed by atoms with van der Waals surface area (Å²) < 4.78 is 0. The van der Waals surface area contributed by atoms with Gasteiger partial charge in [0, 0.05) is 17.1 Å². The smallest absolute Gasteiger partial charge is 0 e. The molecule has 0 spiro atoms. The number of rotatable bonds is 0. The van der Waals surface area contributed by atoms with E-state index in [1.165, 1.54) is 0 Å². The molecule has 4 heteroatoms. The third-order valence-electron chi connectivity index (χ3n) is 0. The fourth-order valence-electron chi connectivity index (χ4n) is 0. The van der Waals surface area contributed by atoms with Gasteiger partial charge in [0.05, 0.1) is 0 Å². The second kappa shape index (κ2) is 4.51. The Morgan fingerprint density at radius 3 is 1.80 bits per heavy atom. The van der Waals surface area contributed by atoms with Crippen LogP contribution in [0, 0.1) is 0 Å². The fraction of sp³-hybridized carbons (Fsp3) is 0. The van der Waals surface area contributed by atoms with Crippen molar-refractivity contribution in [1.82, 2.24) is 0 Å². The van der Waals surface area contributed by atoms with E-state index in [4.69, 9.17) is 9.90 Å². The van der Waals surface area contributed by atoms with Crippen molar-refractivity contribution in [2.24, 2.45) is 0 Å². The van der Waals surface area contributed by atoms with E-state index < -0.39 is 4.87 Å². The molecule has 0 aromatic carbocycles. The van der Waals surface area contributed by atoms with Gasteiger partial charge in [0.25, 0.3) is 0 Å². The van der Waals surface area contributed by atoms with Gasteiger partial charge in [0.15, 0.2) is 0 Å². The van der Waals surface area contributed by atoms with Gasteiger partial charge in [-0.3, -0.25) is 0 Å². The third-order valence-corrected chi connectivity index (χ3v) is 0. The Kier molecular flexibility index (Phi) is 8.20. The number of carboxylic acid groups (broad SMARTS) is 1. The topological polar surface area (TPSA) is 37.3 Å². The van der Waals surface area contributed by atoms with Crippen LogP contribution in [-0.4, -0.2) is 9.97 Å². The summed E-state index contributed by atoms with van der Waals surface area (Å²) >= 11 is 2.19. The maximum absolute atomic E-state index is 8.92. The molecular weight excluding hydrogens is 154 g/mol. The second-order valence-corrected chi connectivity index (χ2v) is 0.758. The van der Waals surface area contributed by atoms with Crippen LogP contribution in [0.3, 0.4) is 0 Å². The van der Waals surface area contributed by atoms with Crippen LogP contribution in [0.1, 0.15) is 0 Å². The van der Waals surface area contributed by atoms with Crippen molar-refractivity contribution in [3.8, 4) is 0 Å². The SMILES string of the molecule is O=[C](O)[Mn].[Mn]. The molecule has 0 unspecified atom stereocenters. The Morgan fingerprint density at radius 1 is 1.80 bits per heavy atom. The van der Waals surface area contributed by atoms with Gasteiger partial charge in [0.1, 0.15) is 0 Å². The maximum Gasteiger partial charge on any atom is 0 e. The standard InChI is InChI=1S/CHO2.2Mn/c2-1-3;;/h(H,2,3);;. The first-order valence-electron chi connectivity index (χ1n) is 0.617. The molecular formula is CHMn2O2. The Morgan fingerprint density at radius 2 is 1.80 bits per heavy atom.